The lowest BCUT2D eigenvalue weighted by Gasteiger charge is -2.27. The van der Waals surface area contributed by atoms with Crippen LogP contribution < -0.4 is 0 Å². The van der Waals surface area contributed by atoms with E-state index in [1.165, 1.54) is 32.1 Å². The average molecular weight is 229 g/mol. The van der Waals surface area contributed by atoms with E-state index >= 15 is 0 Å². The molecule has 0 aromatic rings. The summed E-state index contributed by atoms with van der Waals surface area (Å²) in [5.41, 5.74) is 0. The minimum atomic E-state index is 0.302. The Hall–Kier alpha value is -0.0800. The van der Waals surface area contributed by atoms with Crippen molar-refractivity contribution in [2.75, 3.05) is 20.2 Å². The number of aliphatic hydroxyl groups is 1. The summed E-state index contributed by atoms with van der Waals surface area (Å²) in [6.07, 6.45) is 7.69. The monoisotopic (exact) mass is 229 g/mol. The second-order valence-corrected chi connectivity index (χ2v) is 5.26. The van der Waals surface area contributed by atoms with Gasteiger partial charge in [0.05, 0.1) is 0 Å². The van der Waals surface area contributed by atoms with Crippen molar-refractivity contribution in [3.63, 3.8) is 0 Å². The molecule has 1 N–H and O–H groups in total. The van der Waals surface area contributed by atoms with Crippen LogP contribution in [-0.4, -0.2) is 36.2 Å². The van der Waals surface area contributed by atoms with Crippen LogP contribution in [0.25, 0.3) is 0 Å². The largest absolute Gasteiger partial charge is 0.396 e. The van der Waals surface area contributed by atoms with Gasteiger partial charge in [-0.1, -0.05) is 39.5 Å². The van der Waals surface area contributed by atoms with E-state index in [0.29, 0.717) is 12.6 Å². The molecular formula is C14H31NO. The topological polar surface area (TPSA) is 23.5 Å². The lowest BCUT2D eigenvalue weighted by molar-refractivity contribution is 0.175. The average Bonchev–Trinajstić information content (AvgIpc) is 2.24. The van der Waals surface area contributed by atoms with Crippen molar-refractivity contribution in [2.45, 2.75) is 65.3 Å². The van der Waals surface area contributed by atoms with Crippen LogP contribution in [0, 0.1) is 5.92 Å². The van der Waals surface area contributed by atoms with Crippen LogP contribution in [0.5, 0.6) is 0 Å². The van der Waals surface area contributed by atoms with E-state index in [1.54, 1.807) is 0 Å². The van der Waals surface area contributed by atoms with Crippen LogP contribution in [0.3, 0.4) is 0 Å². The van der Waals surface area contributed by atoms with Gasteiger partial charge in [-0.2, -0.15) is 0 Å². The highest BCUT2D eigenvalue weighted by molar-refractivity contribution is 4.66. The van der Waals surface area contributed by atoms with Gasteiger partial charge >= 0.3 is 0 Å². The van der Waals surface area contributed by atoms with Crippen molar-refractivity contribution in [3.8, 4) is 0 Å². The zero-order valence-corrected chi connectivity index (χ0v) is 11.7. The van der Waals surface area contributed by atoms with Gasteiger partial charge in [-0.25, -0.2) is 0 Å². The molecule has 0 heterocycles. The Morgan fingerprint density at radius 3 is 2.31 bits per heavy atom. The summed E-state index contributed by atoms with van der Waals surface area (Å²) < 4.78 is 0. The fraction of sp³-hybridized carbons (Fsp3) is 1.00. The van der Waals surface area contributed by atoms with Crippen molar-refractivity contribution in [3.05, 3.63) is 0 Å². The molecule has 0 aliphatic rings. The van der Waals surface area contributed by atoms with E-state index in [1.807, 2.05) is 0 Å². The fourth-order valence-electron chi connectivity index (χ4n) is 2.09. The highest BCUT2D eigenvalue weighted by Crippen LogP contribution is 2.13. The molecule has 0 bridgehead atoms. The number of aliphatic hydroxyl groups excluding tert-OH is 1. The third kappa shape index (κ3) is 8.12. The first-order chi connectivity index (χ1) is 7.61. The number of rotatable bonds is 10. The van der Waals surface area contributed by atoms with E-state index in [9.17, 15) is 0 Å². The maximum Gasteiger partial charge on any atom is 0.0445 e. The molecule has 2 nitrogen and oxygen atoms in total. The standard InChI is InChI=1S/C14H31NO/c1-5-6-7-8-9-13(2)12-15(4)14(3)10-11-16/h13-14,16H,5-12H2,1-4H3. The molecule has 0 amide bonds. The van der Waals surface area contributed by atoms with Crippen LogP contribution in [0.1, 0.15) is 59.3 Å². The minimum Gasteiger partial charge on any atom is -0.396 e. The lowest BCUT2D eigenvalue weighted by atomic mass is 10.0. The smallest absolute Gasteiger partial charge is 0.0445 e. The molecule has 0 radical (unpaired) electrons. The van der Waals surface area contributed by atoms with Crippen LogP contribution in [0.4, 0.5) is 0 Å². The molecule has 0 saturated carbocycles. The Morgan fingerprint density at radius 1 is 1.06 bits per heavy atom. The molecule has 0 aliphatic heterocycles. The number of unbranched alkanes of at least 4 members (excludes halogenated alkanes) is 3. The number of hydrogen-bond acceptors (Lipinski definition) is 2. The van der Waals surface area contributed by atoms with E-state index < -0.39 is 0 Å². The molecule has 0 fully saturated rings. The van der Waals surface area contributed by atoms with Crippen molar-refractivity contribution in [1.82, 2.24) is 4.90 Å². The van der Waals surface area contributed by atoms with E-state index in [4.69, 9.17) is 5.11 Å². The van der Waals surface area contributed by atoms with Crippen molar-refractivity contribution < 1.29 is 5.11 Å². The Morgan fingerprint density at radius 2 is 1.75 bits per heavy atom. The predicted molar refractivity (Wildman–Crippen MR) is 71.7 cm³/mol. The van der Waals surface area contributed by atoms with E-state index in [2.05, 4.69) is 32.7 Å². The number of hydrogen-bond donors (Lipinski definition) is 1. The van der Waals surface area contributed by atoms with Gasteiger partial charge in [-0.15, -0.1) is 0 Å². The molecule has 16 heavy (non-hydrogen) atoms. The Bertz CT molecular complexity index is 150. The second kappa shape index (κ2) is 10.1. The van der Waals surface area contributed by atoms with Gasteiger partial charge in [0.2, 0.25) is 0 Å². The van der Waals surface area contributed by atoms with Gasteiger partial charge in [0, 0.05) is 19.2 Å². The fourth-order valence-corrected chi connectivity index (χ4v) is 2.09. The first-order valence-electron chi connectivity index (χ1n) is 6.92. The highest BCUT2D eigenvalue weighted by Gasteiger charge is 2.11. The Labute approximate surface area is 102 Å². The van der Waals surface area contributed by atoms with E-state index in [0.717, 1.165) is 18.9 Å². The molecule has 0 saturated heterocycles. The second-order valence-electron chi connectivity index (χ2n) is 5.26. The normalized spacial score (nSPS) is 15.4. The quantitative estimate of drug-likeness (QED) is 0.581. The maximum atomic E-state index is 8.89. The zero-order chi connectivity index (χ0) is 12.4. The molecule has 2 heteroatoms. The Kier molecular flexibility index (Phi) is 10.0. The van der Waals surface area contributed by atoms with Crippen molar-refractivity contribution in [2.24, 2.45) is 5.92 Å². The zero-order valence-electron chi connectivity index (χ0n) is 11.7. The Balaban J connectivity index is 3.56. The van der Waals surface area contributed by atoms with Gasteiger partial charge in [-0.3, -0.25) is 0 Å². The SMILES string of the molecule is CCCCCCC(C)CN(C)C(C)CCO. The first-order valence-corrected chi connectivity index (χ1v) is 6.92. The summed E-state index contributed by atoms with van der Waals surface area (Å²) in [4.78, 5) is 2.38. The van der Waals surface area contributed by atoms with E-state index in [-0.39, 0.29) is 0 Å². The molecule has 98 valence electrons. The minimum absolute atomic E-state index is 0.302. The summed E-state index contributed by atoms with van der Waals surface area (Å²) >= 11 is 0. The van der Waals surface area contributed by atoms with Gasteiger partial charge in [0.15, 0.2) is 0 Å². The van der Waals surface area contributed by atoms with Crippen molar-refractivity contribution in [1.29, 1.82) is 0 Å². The molecule has 2 atom stereocenters. The van der Waals surface area contributed by atoms with Crippen LogP contribution >= 0.6 is 0 Å². The van der Waals surface area contributed by atoms with Gasteiger partial charge in [0.25, 0.3) is 0 Å². The lowest BCUT2D eigenvalue weighted by Crippen LogP contribution is -2.33. The van der Waals surface area contributed by atoms with Crippen molar-refractivity contribution >= 4 is 0 Å². The molecule has 0 rings (SSSR count). The third-order valence-electron chi connectivity index (χ3n) is 3.45. The molecule has 2 unspecified atom stereocenters. The maximum absolute atomic E-state index is 8.89. The molecule has 0 aromatic carbocycles. The molecule has 0 aromatic heterocycles. The highest BCUT2D eigenvalue weighted by atomic mass is 16.3. The number of nitrogens with zero attached hydrogens (tertiary/aromatic N) is 1. The molecular weight excluding hydrogens is 198 g/mol. The summed E-state index contributed by atoms with van der Waals surface area (Å²) in [7, 11) is 2.17. The summed E-state index contributed by atoms with van der Waals surface area (Å²) in [6.45, 7) is 8.26. The predicted octanol–water partition coefficient (Wildman–Crippen LogP) is 3.30. The third-order valence-corrected chi connectivity index (χ3v) is 3.45. The summed E-state index contributed by atoms with van der Waals surface area (Å²) in [6, 6.07) is 0.503. The van der Waals surface area contributed by atoms with Gasteiger partial charge in [-0.05, 0) is 32.7 Å². The first kappa shape index (κ1) is 15.9. The summed E-state index contributed by atoms with van der Waals surface area (Å²) in [5.74, 6) is 0.781. The van der Waals surface area contributed by atoms with Crippen LogP contribution in [0.2, 0.25) is 0 Å². The van der Waals surface area contributed by atoms with Gasteiger partial charge in [0.1, 0.15) is 0 Å². The van der Waals surface area contributed by atoms with Crippen LogP contribution in [0.15, 0.2) is 0 Å². The molecule has 0 spiro atoms. The van der Waals surface area contributed by atoms with Crippen LogP contribution in [-0.2, 0) is 0 Å². The van der Waals surface area contributed by atoms with Gasteiger partial charge < -0.3 is 10.0 Å². The molecule has 0 aliphatic carbocycles. The summed E-state index contributed by atoms with van der Waals surface area (Å²) in [5, 5.41) is 8.89.